The van der Waals surface area contributed by atoms with Gasteiger partial charge in [0.25, 0.3) is 0 Å². The van der Waals surface area contributed by atoms with Crippen LogP contribution in [0.5, 0.6) is 0 Å². The lowest BCUT2D eigenvalue weighted by Crippen LogP contribution is -2.44. The van der Waals surface area contributed by atoms with E-state index >= 15 is 0 Å². The lowest BCUT2D eigenvalue weighted by Gasteiger charge is -2.23. The van der Waals surface area contributed by atoms with Crippen LogP contribution < -0.4 is 5.32 Å². The number of benzene rings is 1. The second-order valence-corrected chi connectivity index (χ2v) is 8.12. The molecule has 1 N–H and O–H groups in total. The van der Waals surface area contributed by atoms with E-state index in [1.807, 2.05) is 0 Å². The van der Waals surface area contributed by atoms with Crippen LogP contribution in [0, 0.1) is 0 Å². The van der Waals surface area contributed by atoms with Crippen molar-refractivity contribution in [1.82, 2.24) is 19.7 Å². The average molecular weight is 488 g/mol. The topological polar surface area (TPSA) is 97.2 Å². The smallest absolute Gasteiger partial charge is 0.248 e. The molecule has 8 nitrogen and oxygen atoms in total. The van der Waals surface area contributed by atoms with Crippen molar-refractivity contribution in [3.63, 3.8) is 0 Å². The maximum absolute atomic E-state index is 14.2. The third kappa shape index (κ3) is 4.34. The lowest BCUT2D eigenvalue weighted by atomic mass is 10.2. The summed E-state index contributed by atoms with van der Waals surface area (Å²) in [5.74, 6) is -0.871. The number of hydrogen-bond donors (Lipinski definition) is 1. The third-order valence-electron chi connectivity index (χ3n) is 5.12. The monoisotopic (exact) mass is 487 g/mol. The van der Waals surface area contributed by atoms with Gasteiger partial charge < -0.3 is 10.2 Å². The highest BCUT2D eigenvalue weighted by atomic mass is 79.9. The van der Waals surface area contributed by atoms with Gasteiger partial charge in [-0.1, -0.05) is 24.3 Å². The number of alkyl halides is 1. The second-order valence-electron chi connectivity index (χ2n) is 7.31. The van der Waals surface area contributed by atoms with E-state index in [2.05, 4.69) is 31.3 Å². The van der Waals surface area contributed by atoms with Crippen molar-refractivity contribution in [1.29, 1.82) is 0 Å². The molecule has 4 rings (SSSR count). The average Bonchev–Trinajstić information content (AvgIpc) is 3.29. The molecule has 1 aliphatic heterocycles. The quantitative estimate of drug-likeness (QED) is 0.440. The Morgan fingerprint density at radius 1 is 1.19 bits per heavy atom. The van der Waals surface area contributed by atoms with E-state index in [1.165, 1.54) is 16.5 Å². The lowest BCUT2D eigenvalue weighted by molar-refractivity contribution is -0.137. The number of Topliss-reactive ketones (excluding diaryl/α,β-unsaturated/α-hetero) is 1. The van der Waals surface area contributed by atoms with Crippen molar-refractivity contribution in [3.8, 4) is 0 Å². The molecule has 1 fully saturated rings. The van der Waals surface area contributed by atoms with Crippen LogP contribution in [-0.2, 0) is 16.1 Å². The second kappa shape index (κ2) is 8.54. The van der Waals surface area contributed by atoms with Crippen molar-refractivity contribution < 1.29 is 18.8 Å². The van der Waals surface area contributed by atoms with Gasteiger partial charge >= 0.3 is 0 Å². The van der Waals surface area contributed by atoms with Crippen molar-refractivity contribution in [3.05, 3.63) is 52.8 Å². The normalized spacial score (nSPS) is 18.4. The van der Waals surface area contributed by atoms with Crippen LogP contribution in [0.1, 0.15) is 23.8 Å². The minimum Gasteiger partial charge on any atom is -0.326 e. The molecular formula is C21H19BrFN5O3. The number of anilines is 1. The molecule has 2 aromatic heterocycles. The first-order valence-electron chi connectivity index (χ1n) is 9.67. The molecule has 0 spiro atoms. The zero-order chi connectivity index (χ0) is 22.1. The van der Waals surface area contributed by atoms with E-state index in [0.717, 1.165) is 0 Å². The van der Waals surface area contributed by atoms with E-state index in [0.29, 0.717) is 21.3 Å². The number of carbonyl (C=O) groups is 3. The van der Waals surface area contributed by atoms with Gasteiger partial charge in [-0.15, -0.1) is 0 Å². The largest absolute Gasteiger partial charge is 0.326 e. The maximum atomic E-state index is 14.2. The minimum atomic E-state index is -1.31. The molecule has 3 aromatic rings. The molecule has 160 valence electrons. The summed E-state index contributed by atoms with van der Waals surface area (Å²) in [6.07, 6.45) is -1.40. The summed E-state index contributed by atoms with van der Waals surface area (Å²) in [5, 5.41) is 7.55. The SMILES string of the molecule is CC(=O)c1nn(CC(=O)N2C[C@H](F)C[C@H]2C(=O)Nc2cccc(Br)n2)c2ccccc12. The van der Waals surface area contributed by atoms with E-state index in [1.54, 1.807) is 42.5 Å². The van der Waals surface area contributed by atoms with E-state index in [9.17, 15) is 18.8 Å². The number of hydrogen-bond acceptors (Lipinski definition) is 5. The molecular weight excluding hydrogens is 469 g/mol. The van der Waals surface area contributed by atoms with Gasteiger partial charge in [0, 0.05) is 18.7 Å². The van der Waals surface area contributed by atoms with E-state index < -0.39 is 24.0 Å². The first kappa shape index (κ1) is 21.1. The number of nitrogens with zero attached hydrogens (tertiary/aromatic N) is 4. The Morgan fingerprint density at radius 2 is 1.97 bits per heavy atom. The molecule has 31 heavy (non-hydrogen) atoms. The number of fused-ring (bicyclic) bond motifs is 1. The van der Waals surface area contributed by atoms with Gasteiger partial charge in [-0.3, -0.25) is 19.1 Å². The summed E-state index contributed by atoms with van der Waals surface area (Å²) in [7, 11) is 0. The van der Waals surface area contributed by atoms with Crippen molar-refractivity contribution >= 4 is 50.2 Å². The molecule has 0 saturated carbocycles. The first-order chi connectivity index (χ1) is 14.8. The summed E-state index contributed by atoms with van der Waals surface area (Å²) in [4.78, 5) is 43.0. The van der Waals surface area contributed by atoms with Gasteiger partial charge in [-0.25, -0.2) is 9.37 Å². The van der Waals surface area contributed by atoms with Gasteiger partial charge in [0.05, 0.1) is 12.1 Å². The molecule has 0 unspecified atom stereocenters. The molecule has 0 radical (unpaired) electrons. The van der Waals surface area contributed by atoms with Crippen LogP contribution in [0.15, 0.2) is 47.1 Å². The van der Waals surface area contributed by atoms with Crippen LogP contribution in [0.3, 0.4) is 0 Å². The van der Waals surface area contributed by atoms with Crippen LogP contribution >= 0.6 is 15.9 Å². The molecule has 0 aliphatic carbocycles. The van der Waals surface area contributed by atoms with Gasteiger partial charge in [0.2, 0.25) is 11.8 Å². The summed E-state index contributed by atoms with van der Waals surface area (Å²) in [6.45, 7) is 1.02. The minimum absolute atomic E-state index is 0.0931. The molecule has 10 heteroatoms. The van der Waals surface area contributed by atoms with Crippen LogP contribution in [0.2, 0.25) is 0 Å². The Morgan fingerprint density at radius 3 is 2.71 bits per heavy atom. The number of likely N-dealkylation sites (tertiary alicyclic amines) is 1. The van der Waals surface area contributed by atoms with Crippen LogP contribution in [0.25, 0.3) is 10.9 Å². The number of rotatable bonds is 5. The predicted octanol–water partition coefficient (Wildman–Crippen LogP) is 2.97. The molecule has 1 aromatic carbocycles. The number of aromatic nitrogens is 3. The van der Waals surface area contributed by atoms with Crippen molar-refractivity contribution in [2.75, 3.05) is 11.9 Å². The highest BCUT2D eigenvalue weighted by Crippen LogP contribution is 2.24. The number of carbonyl (C=O) groups excluding carboxylic acids is 3. The highest BCUT2D eigenvalue weighted by molar-refractivity contribution is 9.10. The van der Waals surface area contributed by atoms with E-state index in [4.69, 9.17) is 0 Å². The number of halogens is 2. The molecule has 0 bridgehead atoms. The molecule has 3 heterocycles. The Bertz CT molecular complexity index is 1180. The summed E-state index contributed by atoms with van der Waals surface area (Å²) in [5.41, 5.74) is 0.889. The number of nitrogens with one attached hydrogen (secondary N) is 1. The summed E-state index contributed by atoms with van der Waals surface area (Å²) >= 11 is 3.23. The Hall–Kier alpha value is -3.14. The molecule has 2 amide bonds. The summed E-state index contributed by atoms with van der Waals surface area (Å²) in [6, 6.07) is 11.1. The Kier molecular flexibility index (Phi) is 5.81. The number of pyridine rings is 1. The fraction of sp³-hybridized carbons (Fsp3) is 0.286. The maximum Gasteiger partial charge on any atom is 0.248 e. The Labute approximate surface area is 185 Å². The standard InChI is InChI=1S/C21H19BrFN5O3/c1-12(29)20-14-5-2-3-6-15(14)28(26-20)11-19(30)27-10-13(23)9-16(27)21(31)25-18-8-4-7-17(22)24-18/h2-8,13,16H,9-11H2,1H3,(H,24,25,31)/t13-,16+/m1/s1. The fourth-order valence-electron chi connectivity index (χ4n) is 3.72. The summed E-state index contributed by atoms with van der Waals surface area (Å²) < 4.78 is 16.1. The number of amides is 2. The number of ketones is 1. The molecule has 1 saturated heterocycles. The first-order valence-corrected chi connectivity index (χ1v) is 10.5. The molecule has 1 aliphatic rings. The zero-order valence-corrected chi connectivity index (χ0v) is 18.2. The molecule has 2 atom stereocenters. The van der Waals surface area contributed by atoms with Crippen molar-refractivity contribution in [2.24, 2.45) is 0 Å². The van der Waals surface area contributed by atoms with Gasteiger partial charge in [0.15, 0.2) is 5.78 Å². The zero-order valence-electron chi connectivity index (χ0n) is 16.6. The van der Waals surface area contributed by atoms with E-state index in [-0.39, 0.29) is 31.0 Å². The third-order valence-corrected chi connectivity index (χ3v) is 5.56. The van der Waals surface area contributed by atoms with Crippen LogP contribution in [-0.4, -0.2) is 56.0 Å². The van der Waals surface area contributed by atoms with Gasteiger partial charge in [0.1, 0.15) is 34.9 Å². The van der Waals surface area contributed by atoms with Crippen LogP contribution in [0.4, 0.5) is 10.2 Å². The Balaban J connectivity index is 1.55. The predicted molar refractivity (Wildman–Crippen MR) is 115 cm³/mol. The number of para-hydroxylation sites is 1. The fourth-order valence-corrected chi connectivity index (χ4v) is 4.07. The van der Waals surface area contributed by atoms with Gasteiger partial charge in [-0.05, 0) is 34.1 Å². The highest BCUT2D eigenvalue weighted by Gasteiger charge is 2.40. The van der Waals surface area contributed by atoms with Gasteiger partial charge in [-0.2, -0.15) is 5.10 Å². The van der Waals surface area contributed by atoms with Crippen molar-refractivity contribution in [2.45, 2.75) is 32.1 Å².